The van der Waals surface area contributed by atoms with Crippen LogP contribution in [0.25, 0.3) is 0 Å². The number of halogens is 1. The van der Waals surface area contributed by atoms with Crippen LogP contribution in [-0.4, -0.2) is 23.8 Å². The molecule has 0 aliphatic rings. The maximum atomic E-state index is 11.1. The van der Waals surface area contributed by atoms with Crippen molar-refractivity contribution >= 4 is 33.7 Å². The minimum atomic E-state index is -1.00. The van der Waals surface area contributed by atoms with Crippen molar-refractivity contribution in [2.45, 2.75) is 6.42 Å². The SMILES string of the molecule is O=C(O)CCOC(=O)Nc1ccc(Br)cc1. The maximum Gasteiger partial charge on any atom is 0.411 e. The second kappa shape index (κ2) is 6.12. The first-order valence-electron chi connectivity index (χ1n) is 4.49. The van der Waals surface area contributed by atoms with Gasteiger partial charge in [0.25, 0.3) is 0 Å². The fraction of sp³-hybridized carbons (Fsp3) is 0.200. The number of carboxylic acid groups (broad SMARTS) is 1. The van der Waals surface area contributed by atoms with Crippen LogP contribution < -0.4 is 5.32 Å². The van der Waals surface area contributed by atoms with Crippen LogP contribution in [0.3, 0.4) is 0 Å². The average molecular weight is 288 g/mol. The van der Waals surface area contributed by atoms with Gasteiger partial charge in [-0.15, -0.1) is 0 Å². The van der Waals surface area contributed by atoms with Gasteiger partial charge in [-0.2, -0.15) is 0 Å². The zero-order valence-corrected chi connectivity index (χ0v) is 9.86. The van der Waals surface area contributed by atoms with E-state index in [1.165, 1.54) is 0 Å². The van der Waals surface area contributed by atoms with Crippen molar-refractivity contribution in [3.63, 3.8) is 0 Å². The normalized spacial score (nSPS) is 9.56. The van der Waals surface area contributed by atoms with Crippen molar-refractivity contribution in [3.8, 4) is 0 Å². The second-order valence-electron chi connectivity index (χ2n) is 2.91. The molecule has 0 unspecified atom stereocenters. The van der Waals surface area contributed by atoms with E-state index in [2.05, 4.69) is 26.0 Å². The molecule has 1 rings (SSSR count). The molecule has 0 bridgehead atoms. The number of aliphatic carboxylic acids is 1. The number of carboxylic acids is 1. The molecule has 1 aromatic rings. The summed E-state index contributed by atoms with van der Waals surface area (Å²) in [5, 5.41) is 10.8. The minimum absolute atomic E-state index is 0.141. The van der Waals surface area contributed by atoms with Crippen molar-refractivity contribution in [3.05, 3.63) is 28.7 Å². The van der Waals surface area contributed by atoms with Gasteiger partial charge in [0.15, 0.2) is 0 Å². The molecule has 2 N–H and O–H groups in total. The third kappa shape index (κ3) is 4.79. The first kappa shape index (κ1) is 12.5. The summed E-state index contributed by atoms with van der Waals surface area (Å²) in [5.74, 6) is -1.00. The second-order valence-corrected chi connectivity index (χ2v) is 3.83. The van der Waals surface area contributed by atoms with Crippen LogP contribution in [-0.2, 0) is 9.53 Å². The number of amides is 1. The molecule has 0 atom stereocenters. The lowest BCUT2D eigenvalue weighted by Crippen LogP contribution is -2.15. The third-order valence-electron chi connectivity index (χ3n) is 1.64. The van der Waals surface area contributed by atoms with Crippen molar-refractivity contribution in [2.24, 2.45) is 0 Å². The standard InChI is InChI=1S/C10H10BrNO4/c11-7-1-3-8(4-2-7)12-10(15)16-6-5-9(13)14/h1-4H,5-6H2,(H,12,15)(H,13,14). The molecule has 0 aliphatic heterocycles. The van der Waals surface area contributed by atoms with Crippen molar-refractivity contribution in [1.29, 1.82) is 0 Å². The van der Waals surface area contributed by atoms with Crippen molar-refractivity contribution in [2.75, 3.05) is 11.9 Å². The van der Waals surface area contributed by atoms with Crippen molar-refractivity contribution < 1.29 is 19.4 Å². The molecule has 0 saturated carbocycles. The molecular weight excluding hydrogens is 278 g/mol. The Kier molecular flexibility index (Phi) is 4.78. The molecule has 0 radical (unpaired) electrons. The summed E-state index contributed by atoms with van der Waals surface area (Å²) in [5.41, 5.74) is 0.587. The maximum absolute atomic E-state index is 11.1. The molecule has 1 aromatic carbocycles. The van der Waals surface area contributed by atoms with Gasteiger partial charge in [-0.3, -0.25) is 10.1 Å². The number of nitrogens with one attached hydrogen (secondary N) is 1. The largest absolute Gasteiger partial charge is 0.481 e. The Labute approximate surface area is 101 Å². The zero-order chi connectivity index (χ0) is 12.0. The molecule has 5 nitrogen and oxygen atoms in total. The number of hydrogen-bond donors (Lipinski definition) is 2. The highest BCUT2D eigenvalue weighted by Crippen LogP contribution is 2.14. The van der Waals surface area contributed by atoms with Gasteiger partial charge in [0.2, 0.25) is 0 Å². The van der Waals surface area contributed by atoms with Crippen molar-refractivity contribution in [1.82, 2.24) is 0 Å². The Bertz CT molecular complexity index is 377. The lowest BCUT2D eigenvalue weighted by molar-refractivity contribution is -0.137. The lowest BCUT2D eigenvalue weighted by Gasteiger charge is -2.05. The molecule has 0 aromatic heterocycles. The Morgan fingerprint density at radius 1 is 1.31 bits per heavy atom. The number of rotatable bonds is 4. The van der Waals surface area contributed by atoms with Crippen LogP contribution in [0, 0.1) is 0 Å². The number of hydrogen-bond acceptors (Lipinski definition) is 3. The Morgan fingerprint density at radius 2 is 1.94 bits per heavy atom. The molecule has 0 saturated heterocycles. The molecule has 1 amide bonds. The van der Waals surface area contributed by atoms with E-state index in [0.29, 0.717) is 5.69 Å². The number of benzene rings is 1. The van der Waals surface area contributed by atoms with Crippen LogP contribution in [0.1, 0.15) is 6.42 Å². The lowest BCUT2D eigenvalue weighted by atomic mass is 10.3. The van der Waals surface area contributed by atoms with E-state index in [4.69, 9.17) is 5.11 Å². The van der Waals surface area contributed by atoms with Crippen LogP contribution in [0.5, 0.6) is 0 Å². The fourth-order valence-electron chi connectivity index (χ4n) is 0.918. The fourth-order valence-corrected chi connectivity index (χ4v) is 1.18. The van der Waals surface area contributed by atoms with Gasteiger partial charge in [-0.1, -0.05) is 15.9 Å². The highest BCUT2D eigenvalue weighted by atomic mass is 79.9. The molecule has 6 heteroatoms. The zero-order valence-electron chi connectivity index (χ0n) is 8.27. The molecular formula is C10H10BrNO4. The summed E-state index contributed by atoms with van der Waals surface area (Å²) >= 11 is 3.26. The number of carbonyl (C=O) groups excluding carboxylic acids is 1. The summed E-state index contributed by atoms with van der Waals surface area (Å²) in [7, 11) is 0. The van der Waals surface area contributed by atoms with Gasteiger partial charge in [-0.05, 0) is 24.3 Å². The highest BCUT2D eigenvalue weighted by molar-refractivity contribution is 9.10. The Hall–Kier alpha value is -1.56. The molecule has 0 heterocycles. The predicted molar refractivity (Wildman–Crippen MR) is 61.4 cm³/mol. The van der Waals surface area contributed by atoms with Gasteiger partial charge in [0, 0.05) is 10.2 Å². The first-order chi connectivity index (χ1) is 7.58. The summed E-state index contributed by atoms with van der Waals surface area (Å²) in [6, 6.07) is 6.94. The molecule has 86 valence electrons. The van der Waals surface area contributed by atoms with Crippen LogP contribution in [0.15, 0.2) is 28.7 Å². The smallest absolute Gasteiger partial charge is 0.411 e. The highest BCUT2D eigenvalue weighted by Gasteiger charge is 2.04. The van der Waals surface area contributed by atoms with E-state index in [1.54, 1.807) is 24.3 Å². The van der Waals surface area contributed by atoms with Crippen LogP contribution in [0.4, 0.5) is 10.5 Å². The summed E-state index contributed by atoms with van der Waals surface area (Å²) in [4.78, 5) is 21.3. The Balaban J connectivity index is 2.34. The first-order valence-corrected chi connectivity index (χ1v) is 5.28. The van der Waals surface area contributed by atoms with E-state index in [1.807, 2.05) is 0 Å². The van der Waals surface area contributed by atoms with Crippen LogP contribution >= 0.6 is 15.9 Å². The number of carbonyl (C=O) groups is 2. The molecule has 16 heavy (non-hydrogen) atoms. The third-order valence-corrected chi connectivity index (χ3v) is 2.17. The van der Waals surface area contributed by atoms with Gasteiger partial charge in [-0.25, -0.2) is 4.79 Å². The quantitative estimate of drug-likeness (QED) is 0.892. The van der Waals surface area contributed by atoms with E-state index >= 15 is 0 Å². The summed E-state index contributed by atoms with van der Waals surface area (Å²) in [6.07, 6.45) is -0.864. The van der Waals surface area contributed by atoms with E-state index < -0.39 is 12.1 Å². The summed E-state index contributed by atoms with van der Waals surface area (Å²) in [6.45, 7) is -0.141. The van der Waals surface area contributed by atoms with E-state index in [0.717, 1.165) is 4.47 Å². The monoisotopic (exact) mass is 287 g/mol. The molecule has 0 aliphatic carbocycles. The summed E-state index contributed by atoms with van der Waals surface area (Å²) < 4.78 is 5.54. The van der Waals surface area contributed by atoms with Gasteiger partial charge in [0.05, 0.1) is 6.42 Å². The number of ether oxygens (including phenoxy) is 1. The van der Waals surface area contributed by atoms with Gasteiger partial charge >= 0.3 is 12.1 Å². The number of anilines is 1. The van der Waals surface area contributed by atoms with E-state index in [-0.39, 0.29) is 13.0 Å². The van der Waals surface area contributed by atoms with E-state index in [9.17, 15) is 9.59 Å². The van der Waals surface area contributed by atoms with Gasteiger partial charge < -0.3 is 9.84 Å². The topological polar surface area (TPSA) is 75.6 Å². The molecule has 0 spiro atoms. The predicted octanol–water partition coefficient (Wildman–Crippen LogP) is 2.47. The average Bonchev–Trinajstić information content (AvgIpc) is 2.21. The Morgan fingerprint density at radius 3 is 2.50 bits per heavy atom. The molecule has 0 fully saturated rings. The minimum Gasteiger partial charge on any atom is -0.481 e. The van der Waals surface area contributed by atoms with Gasteiger partial charge in [0.1, 0.15) is 6.61 Å². The van der Waals surface area contributed by atoms with Crippen LogP contribution in [0.2, 0.25) is 0 Å².